The number of benzene rings is 1. The van der Waals surface area contributed by atoms with Gasteiger partial charge in [-0.15, -0.1) is 0 Å². The van der Waals surface area contributed by atoms with Gasteiger partial charge in [0.15, 0.2) is 0 Å². The SMILES string of the molecule is CCCNCC1CCC1c1c(C)cc(C)cc1OC. The Kier molecular flexibility index (Phi) is 4.87. The van der Waals surface area contributed by atoms with Crippen LogP contribution in [0.5, 0.6) is 5.75 Å². The van der Waals surface area contributed by atoms with Crippen molar-refractivity contribution in [2.45, 2.75) is 46.0 Å². The second kappa shape index (κ2) is 6.42. The van der Waals surface area contributed by atoms with Crippen LogP contribution in [0.15, 0.2) is 12.1 Å². The molecule has 1 fully saturated rings. The Morgan fingerprint density at radius 3 is 2.63 bits per heavy atom. The van der Waals surface area contributed by atoms with Crippen LogP contribution in [0.25, 0.3) is 0 Å². The average Bonchev–Trinajstić information content (AvgIpc) is 2.36. The van der Waals surface area contributed by atoms with Crippen LogP contribution in [0.4, 0.5) is 0 Å². The van der Waals surface area contributed by atoms with Gasteiger partial charge in [0.25, 0.3) is 0 Å². The summed E-state index contributed by atoms with van der Waals surface area (Å²) in [7, 11) is 1.79. The van der Waals surface area contributed by atoms with E-state index >= 15 is 0 Å². The number of aryl methyl sites for hydroxylation is 2. The number of ether oxygens (including phenoxy) is 1. The fourth-order valence-corrected chi connectivity index (χ4v) is 3.24. The first-order chi connectivity index (χ1) is 9.17. The Balaban J connectivity index is 2.13. The lowest BCUT2D eigenvalue weighted by atomic mass is 9.68. The lowest BCUT2D eigenvalue weighted by molar-refractivity contribution is 0.239. The van der Waals surface area contributed by atoms with Crippen molar-refractivity contribution in [3.8, 4) is 5.75 Å². The minimum Gasteiger partial charge on any atom is -0.496 e. The van der Waals surface area contributed by atoms with Crippen molar-refractivity contribution in [2.75, 3.05) is 20.2 Å². The van der Waals surface area contributed by atoms with Crippen molar-refractivity contribution >= 4 is 0 Å². The number of methoxy groups -OCH3 is 1. The van der Waals surface area contributed by atoms with Gasteiger partial charge in [-0.25, -0.2) is 0 Å². The summed E-state index contributed by atoms with van der Waals surface area (Å²) in [6, 6.07) is 4.46. The van der Waals surface area contributed by atoms with Gasteiger partial charge in [0.2, 0.25) is 0 Å². The molecular weight excluding hydrogens is 234 g/mol. The standard InChI is InChI=1S/C17H27NO/c1-5-8-18-11-14-6-7-15(14)17-13(3)9-12(2)10-16(17)19-4/h9-10,14-15,18H,5-8,11H2,1-4H3. The maximum atomic E-state index is 5.62. The van der Waals surface area contributed by atoms with Gasteiger partial charge in [-0.1, -0.05) is 13.0 Å². The molecule has 0 saturated heterocycles. The Morgan fingerprint density at radius 1 is 1.26 bits per heavy atom. The largest absolute Gasteiger partial charge is 0.496 e. The molecule has 2 atom stereocenters. The van der Waals surface area contributed by atoms with Gasteiger partial charge in [-0.05, 0) is 75.2 Å². The first-order valence-electron chi connectivity index (χ1n) is 7.53. The first kappa shape index (κ1) is 14.4. The third-order valence-corrected chi connectivity index (χ3v) is 4.33. The lowest BCUT2D eigenvalue weighted by Gasteiger charge is -2.39. The van der Waals surface area contributed by atoms with E-state index in [1.807, 2.05) is 0 Å². The minimum absolute atomic E-state index is 0.680. The van der Waals surface area contributed by atoms with Crippen molar-refractivity contribution in [3.05, 3.63) is 28.8 Å². The maximum Gasteiger partial charge on any atom is 0.122 e. The van der Waals surface area contributed by atoms with E-state index in [4.69, 9.17) is 4.74 Å². The summed E-state index contributed by atoms with van der Waals surface area (Å²) >= 11 is 0. The molecule has 1 aliphatic carbocycles. The fourth-order valence-electron chi connectivity index (χ4n) is 3.24. The van der Waals surface area contributed by atoms with Crippen LogP contribution in [-0.4, -0.2) is 20.2 Å². The molecule has 0 radical (unpaired) electrons. The highest BCUT2D eigenvalue weighted by atomic mass is 16.5. The highest BCUT2D eigenvalue weighted by Gasteiger charge is 2.34. The van der Waals surface area contributed by atoms with E-state index < -0.39 is 0 Å². The summed E-state index contributed by atoms with van der Waals surface area (Å²) < 4.78 is 5.62. The third kappa shape index (κ3) is 3.11. The molecule has 0 heterocycles. The molecule has 1 saturated carbocycles. The molecule has 1 aromatic carbocycles. The summed E-state index contributed by atoms with van der Waals surface area (Å²) in [5.74, 6) is 2.55. The topological polar surface area (TPSA) is 21.3 Å². The van der Waals surface area contributed by atoms with Crippen LogP contribution in [0.3, 0.4) is 0 Å². The molecule has 0 spiro atoms. The van der Waals surface area contributed by atoms with Crippen LogP contribution in [0, 0.1) is 19.8 Å². The zero-order chi connectivity index (χ0) is 13.8. The average molecular weight is 261 g/mol. The van der Waals surface area contributed by atoms with Crippen molar-refractivity contribution in [1.82, 2.24) is 5.32 Å². The van der Waals surface area contributed by atoms with E-state index in [1.54, 1.807) is 7.11 Å². The molecule has 19 heavy (non-hydrogen) atoms. The maximum absolute atomic E-state index is 5.62. The van der Waals surface area contributed by atoms with E-state index in [9.17, 15) is 0 Å². The summed E-state index contributed by atoms with van der Waals surface area (Å²) in [4.78, 5) is 0. The second-order valence-electron chi connectivity index (χ2n) is 5.85. The van der Waals surface area contributed by atoms with Gasteiger partial charge < -0.3 is 10.1 Å². The first-order valence-corrected chi connectivity index (χ1v) is 7.53. The molecule has 2 unspecified atom stereocenters. The van der Waals surface area contributed by atoms with Gasteiger partial charge in [0.05, 0.1) is 7.11 Å². The van der Waals surface area contributed by atoms with E-state index in [-0.39, 0.29) is 0 Å². The molecule has 0 amide bonds. The van der Waals surface area contributed by atoms with Crippen LogP contribution >= 0.6 is 0 Å². The van der Waals surface area contributed by atoms with Crippen molar-refractivity contribution < 1.29 is 4.74 Å². The van der Waals surface area contributed by atoms with Crippen LogP contribution in [0.1, 0.15) is 48.8 Å². The smallest absolute Gasteiger partial charge is 0.122 e. The summed E-state index contributed by atoms with van der Waals surface area (Å²) in [6.07, 6.45) is 3.86. The summed E-state index contributed by atoms with van der Waals surface area (Å²) in [5.41, 5.74) is 4.13. The van der Waals surface area contributed by atoms with Crippen LogP contribution < -0.4 is 10.1 Å². The Labute approximate surface area is 117 Å². The molecule has 2 heteroatoms. The molecule has 0 aromatic heterocycles. The number of hydrogen-bond acceptors (Lipinski definition) is 2. The van der Waals surface area contributed by atoms with Gasteiger partial charge in [0, 0.05) is 5.56 Å². The Morgan fingerprint density at radius 2 is 2.05 bits per heavy atom. The summed E-state index contributed by atoms with van der Waals surface area (Å²) in [5, 5.41) is 3.56. The highest BCUT2D eigenvalue weighted by Crippen LogP contribution is 2.47. The molecule has 2 rings (SSSR count). The number of rotatable bonds is 6. The molecule has 2 nitrogen and oxygen atoms in total. The number of hydrogen-bond donors (Lipinski definition) is 1. The Bertz CT molecular complexity index is 428. The zero-order valence-corrected chi connectivity index (χ0v) is 12.8. The third-order valence-electron chi connectivity index (χ3n) is 4.33. The minimum atomic E-state index is 0.680. The van der Waals surface area contributed by atoms with Crippen LogP contribution in [0.2, 0.25) is 0 Å². The molecule has 0 aliphatic heterocycles. The second-order valence-corrected chi connectivity index (χ2v) is 5.85. The van der Waals surface area contributed by atoms with Gasteiger partial charge in [0.1, 0.15) is 5.75 Å². The van der Waals surface area contributed by atoms with E-state index in [0.717, 1.165) is 24.8 Å². The number of nitrogens with one attached hydrogen (secondary N) is 1. The quantitative estimate of drug-likeness (QED) is 0.786. The van der Waals surface area contributed by atoms with Gasteiger partial charge in [-0.2, -0.15) is 0 Å². The van der Waals surface area contributed by atoms with Crippen LogP contribution in [-0.2, 0) is 0 Å². The van der Waals surface area contributed by atoms with Gasteiger partial charge >= 0.3 is 0 Å². The molecular formula is C17H27NO. The predicted molar refractivity (Wildman–Crippen MR) is 81.1 cm³/mol. The molecule has 1 aromatic rings. The molecule has 106 valence electrons. The van der Waals surface area contributed by atoms with Crippen molar-refractivity contribution in [3.63, 3.8) is 0 Å². The van der Waals surface area contributed by atoms with E-state index in [0.29, 0.717) is 5.92 Å². The summed E-state index contributed by atoms with van der Waals surface area (Å²) in [6.45, 7) is 8.86. The fraction of sp³-hybridized carbons (Fsp3) is 0.647. The van der Waals surface area contributed by atoms with Crippen molar-refractivity contribution in [2.24, 2.45) is 5.92 Å². The molecule has 0 bridgehead atoms. The molecule has 1 aliphatic rings. The molecule has 1 N–H and O–H groups in total. The highest BCUT2D eigenvalue weighted by molar-refractivity contribution is 5.46. The van der Waals surface area contributed by atoms with Crippen molar-refractivity contribution in [1.29, 1.82) is 0 Å². The predicted octanol–water partition coefficient (Wildman–Crippen LogP) is 3.81. The monoisotopic (exact) mass is 261 g/mol. The normalized spacial score (nSPS) is 22.1. The lowest BCUT2D eigenvalue weighted by Crippen LogP contribution is -2.34. The Hall–Kier alpha value is -1.02. The van der Waals surface area contributed by atoms with E-state index in [1.165, 1.54) is 36.0 Å². The van der Waals surface area contributed by atoms with E-state index in [2.05, 4.69) is 38.2 Å². The zero-order valence-electron chi connectivity index (χ0n) is 12.8. The van der Waals surface area contributed by atoms with Gasteiger partial charge in [-0.3, -0.25) is 0 Å².